The van der Waals surface area contributed by atoms with Gasteiger partial charge in [0, 0.05) is 0 Å². The van der Waals surface area contributed by atoms with Crippen LogP contribution in [0.1, 0.15) is 22.5 Å². The normalized spacial score (nSPS) is 10.7. The van der Waals surface area contributed by atoms with Crippen LogP contribution in [0.25, 0.3) is 0 Å². The minimum atomic E-state index is -0.165. The van der Waals surface area contributed by atoms with Gasteiger partial charge in [-0.25, -0.2) is 4.98 Å². The lowest BCUT2D eigenvalue weighted by molar-refractivity contribution is -0.113. The fourth-order valence-corrected chi connectivity index (χ4v) is 3.64. The van der Waals surface area contributed by atoms with E-state index in [1.54, 1.807) is 0 Å². The second-order valence-electron chi connectivity index (χ2n) is 6.39. The molecule has 0 saturated heterocycles. The van der Waals surface area contributed by atoms with Crippen molar-refractivity contribution in [3.8, 4) is 5.75 Å². The van der Waals surface area contributed by atoms with Crippen molar-refractivity contribution in [3.63, 3.8) is 0 Å². The largest absolute Gasteiger partial charge is 0.485 e. The number of ether oxygens (including phenoxy) is 1. The molecular weight excluding hydrogens is 396 g/mol. The third-order valence-electron chi connectivity index (χ3n) is 4.00. The Morgan fingerprint density at radius 2 is 2.00 bits per heavy atom. The first-order chi connectivity index (χ1) is 13.4. The molecule has 146 valence electrons. The van der Waals surface area contributed by atoms with E-state index in [1.807, 2.05) is 57.2 Å². The fraction of sp³-hybridized carbons (Fsp3) is 0.250. The molecule has 0 fully saturated rings. The number of thioether (sulfide) groups is 1. The molecule has 0 bridgehead atoms. The van der Waals surface area contributed by atoms with Crippen molar-refractivity contribution in [1.82, 2.24) is 15.2 Å². The zero-order chi connectivity index (χ0) is 20.1. The summed E-state index contributed by atoms with van der Waals surface area (Å²) in [5.74, 6) is 1.42. The van der Waals surface area contributed by atoms with Crippen LogP contribution in [0.4, 0.5) is 5.69 Å². The quantitative estimate of drug-likeness (QED) is 0.546. The number of hydrogen-bond donors (Lipinski definition) is 2. The molecule has 1 amide bonds. The number of aryl methyl sites for hydroxylation is 3. The number of halogens is 1. The van der Waals surface area contributed by atoms with E-state index in [4.69, 9.17) is 16.3 Å². The first-order valence-corrected chi connectivity index (χ1v) is 10.1. The van der Waals surface area contributed by atoms with Gasteiger partial charge in [-0.15, -0.1) is 5.10 Å². The number of benzene rings is 2. The molecule has 28 heavy (non-hydrogen) atoms. The third kappa shape index (κ3) is 5.27. The van der Waals surface area contributed by atoms with Gasteiger partial charge in [-0.2, -0.15) is 0 Å². The van der Waals surface area contributed by atoms with Gasteiger partial charge < -0.3 is 10.1 Å². The fourth-order valence-electron chi connectivity index (χ4n) is 2.65. The van der Waals surface area contributed by atoms with Crippen LogP contribution in [0, 0.1) is 20.8 Å². The van der Waals surface area contributed by atoms with Gasteiger partial charge in [0.15, 0.2) is 5.82 Å². The monoisotopic (exact) mass is 416 g/mol. The number of H-pyrrole nitrogens is 1. The number of nitrogens with zero attached hydrogens (tertiary/aromatic N) is 2. The smallest absolute Gasteiger partial charge is 0.234 e. The number of amides is 1. The Morgan fingerprint density at radius 3 is 2.75 bits per heavy atom. The zero-order valence-corrected chi connectivity index (χ0v) is 17.4. The molecule has 0 radical (unpaired) electrons. The number of aromatic amines is 1. The number of anilines is 1. The Balaban J connectivity index is 1.51. The van der Waals surface area contributed by atoms with Crippen LogP contribution in [-0.2, 0) is 11.4 Å². The van der Waals surface area contributed by atoms with Crippen molar-refractivity contribution in [2.45, 2.75) is 32.5 Å². The van der Waals surface area contributed by atoms with E-state index >= 15 is 0 Å². The van der Waals surface area contributed by atoms with E-state index in [1.165, 1.54) is 11.8 Å². The number of para-hydroxylation sites is 1. The van der Waals surface area contributed by atoms with Gasteiger partial charge in [-0.1, -0.05) is 47.6 Å². The highest BCUT2D eigenvalue weighted by Crippen LogP contribution is 2.27. The number of nitrogens with one attached hydrogen (secondary N) is 2. The summed E-state index contributed by atoms with van der Waals surface area (Å²) >= 11 is 7.47. The maximum atomic E-state index is 12.2. The molecule has 0 aliphatic carbocycles. The summed E-state index contributed by atoms with van der Waals surface area (Å²) in [7, 11) is 0. The number of carbonyl (C=O) groups is 1. The third-order valence-corrected chi connectivity index (χ3v) is 5.14. The Bertz CT molecular complexity index is 967. The van der Waals surface area contributed by atoms with Gasteiger partial charge in [-0.05, 0) is 49.6 Å². The van der Waals surface area contributed by atoms with E-state index in [-0.39, 0.29) is 18.3 Å². The lowest BCUT2D eigenvalue weighted by Crippen LogP contribution is -2.15. The number of rotatable bonds is 7. The SMILES string of the molecule is Cc1cc(C)c(NC(=O)CSc2n[nH]c(COc3ccccc3C)n2)c(Cl)c1. The molecule has 0 atom stereocenters. The average molecular weight is 417 g/mol. The summed E-state index contributed by atoms with van der Waals surface area (Å²) in [6.45, 7) is 6.14. The Kier molecular flexibility index (Phi) is 6.59. The van der Waals surface area contributed by atoms with Crippen LogP contribution in [0.5, 0.6) is 5.75 Å². The predicted octanol–water partition coefficient (Wildman–Crippen LogP) is 4.69. The molecule has 2 N–H and O–H groups in total. The first kappa shape index (κ1) is 20.2. The molecule has 0 aliphatic heterocycles. The van der Waals surface area contributed by atoms with Crippen LogP contribution < -0.4 is 10.1 Å². The molecule has 0 unspecified atom stereocenters. The summed E-state index contributed by atoms with van der Waals surface area (Å²) in [4.78, 5) is 16.6. The topological polar surface area (TPSA) is 79.9 Å². The van der Waals surface area contributed by atoms with E-state index in [2.05, 4.69) is 20.5 Å². The highest BCUT2D eigenvalue weighted by atomic mass is 35.5. The van der Waals surface area contributed by atoms with Crippen LogP contribution >= 0.6 is 23.4 Å². The standard InChI is InChI=1S/C20H21ClN4O2S/c1-12-8-14(3)19(15(21)9-12)23-18(26)11-28-20-22-17(24-25-20)10-27-16-7-5-4-6-13(16)2/h4-9H,10-11H2,1-3H3,(H,23,26)(H,22,24,25). The number of hydrogen-bond acceptors (Lipinski definition) is 5. The molecule has 2 aromatic carbocycles. The van der Waals surface area contributed by atoms with Crippen molar-refractivity contribution in [2.24, 2.45) is 0 Å². The van der Waals surface area contributed by atoms with Gasteiger partial charge in [0.05, 0.1) is 16.5 Å². The van der Waals surface area contributed by atoms with Gasteiger partial charge in [0.2, 0.25) is 11.1 Å². The highest BCUT2D eigenvalue weighted by molar-refractivity contribution is 7.99. The summed E-state index contributed by atoms with van der Waals surface area (Å²) in [5, 5.41) is 10.8. The van der Waals surface area contributed by atoms with E-state index in [0.717, 1.165) is 22.4 Å². The Hall–Kier alpha value is -2.51. The molecule has 0 saturated carbocycles. The molecule has 1 aromatic heterocycles. The Labute approximate surface area is 173 Å². The summed E-state index contributed by atoms with van der Waals surface area (Å²) in [6, 6.07) is 11.6. The van der Waals surface area contributed by atoms with Crippen molar-refractivity contribution in [3.05, 3.63) is 63.9 Å². The molecule has 1 heterocycles. The maximum absolute atomic E-state index is 12.2. The summed E-state index contributed by atoms with van der Waals surface area (Å²) in [6.07, 6.45) is 0. The molecule has 3 rings (SSSR count). The maximum Gasteiger partial charge on any atom is 0.234 e. The number of carbonyl (C=O) groups excluding carboxylic acids is 1. The van der Waals surface area contributed by atoms with Crippen LogP contribution in [0.3, 0.4) is 0 Å². The zero-order valence-electron chi connectivity index (χ0n) is 15.9. The first-order valence-electron chi connectivity index (χ1n) is 8.71. The highest BCUT2D eigenvalue weighted by Gasteiger charge is 2.12. The van der Waals surface area contributed by atoms with Crippen LogP contribution in [0.2, 0.25) is 5.02 Å². The minimum Gasteiger partial charge on any atom is -0.485 e. The van der Waals surface area contributed by atoms with Gasteiger partial charge in [0.1, 0.15) is 12.4 Å². The van der Waals surface area contributed by atoms with Crippen LogP contribution in [0.15, 0.2) is 41.6 Å². The van der Waals surface area contributed by atoms with Crippen LogP contribution in [-0.4, -0.2) is 26.8 Å². The molecule has 8 heteroatoms. The molecule has 0 spiro atoms. The van der Waals surface area contributed by atoms with Crippen molar-refractivity contribution in [1.29, 1.82) is 0 Å². The predicted molar refractivity (Wildman–Crippen MR) is 112 cm³/mol. The summed E-state index contributed by atoms with van der Waals surface area (Å²) < 4.78 is 5.74. The minimum absolute atomic E-state index is 0.165. The summed E-state index contributed by atoms with van der Waals surface area (Å²) in [5.41, 5.74) is 3.67. The lowest BCUT2D eigenvalue weighted by Gasteiger charge is -2.11. The van der Waals surface area contributed by atoms with Crippen molar-refractivity contribution >= 4 is 35.0 Å². The average Bonchev–Trinajstić information content (AvgIpc) is 3.10. The van der Waals surface area contributed by atoms with Gasteiger partial charge in [-0.3, -0.25) is 9.89 Å². The molecule has 6 nitrogen and oxygen atoms in total. The van der Waals surface area contributed by atoms with Gasteiger partial charge >= 0.3 is 0 Å². The lowest BCUT2D eigenvalue weighted by atomic mass is 10.1. The number of aromatic nitrogens is 3. The second kappa shape index (κ2) is 9.12. The van der Waals surface area contributed by atoms with Gasteiger partial charge in [0.25, 0.3) is 0 Å². The molecule has 0 aliphatic rings. The van der Waals surface area contributed by atoms with E-state index in [0.29, 0.717) is 21.7 Å². The molecule has 3 aromatic rings. The molecular formula is C20H21ClN4O2S. The Morgan fingerprint density at radius 1 is 1.21 bits per heavy atom. The van der Waals surface area contributed by atoms with Crippen molar-refractivity contribution in [2.75, 3.05) is 11.1 Å². The van der Waals surface area contributed by atoms with E-state index < -0.39 is 0 Å². The second-order valence-corrected chi connectivity index (χ2v) is 7.74. The van der Waals surface area contributed by atoms with E-state index in [9.17, 15) is 4.79 Å². The van der Waals surface area contributed by atoms with Crippen molar-refractivity contribution < 1.29 is 9.53 Å².